The third-order valence-corrected chi connectivity index (χ3v) is 4.36. The zero-order valence-electron chi connectivity index (χ0n) is 13.7. The van der Waals surface area contributed by atoms with Gasteiger partial charge >= 0.3 is 5.97 Å². The van der Waals surface area contributed by atoms with Crippen LogP contribution in [0.15, 0.2) is 42.5 Å². The predicted octanol–water partition coefficient (Wildman–Crippen LogP) is 3.28. The van der Waals surface area contributed by atoms with Gasteiger partial charge in [0.15, 0.2) is 6.10 Å². The Morgan fingerprint density at radius 3 is 2.84 bits per heavy atom. The van der Waals surface area contributed by atoms with E-state index in [0.29, 0.717) is 17.2 Å². The predicted molar refractivity (Wildman–Crippen MR) is 93.9 cm³/mol. The van der Waals surface area contributed by atoms with Crippen LogP contribution in [0.3, 0.4) is 0 Å². The van der Waals surface area contributed by atoms with Gasteiger partial charge in [-0.25, -0.2) is 0 Å². The van der Waals surface area contributed by atoms with E-state index in [2.05, 4.69) is 5.32 Å². The van der Waals surface area contributed by atoms with Crippen molar-refractivity contribution < 1.29 is 19.4 Å². The molecule has 2 aromatic carbocycles. The standard InChI is InChI=1S/C19H18ClNO4/c1-11-3-2-4-12(7-11)15(10-18(22)23)21-19(24)17-9-13-8-14(20)5-6-16(13)25-17/h2-8,15,17H,9-10H2,1H3,(H,21,24)(H,22,23). The van der Waals surface area contributed by atoms with Gasteiger partial charge in [0.05, 0.1) is 12.5 Å². The summed E-state index contributed by atoms with van der Waals surface area (Å²) >= 11 is 5.97. The summed E-state index contributed by atoms with van der Waals surface area (Å²) in [5, 5.41) is 12.6. The highest BCUT2D eigenvalue weighted by Gasteiger charge is 2.31. The number of carbonyl (C=O) groups excluding carboxylic acids is 1. The Balaban J connectivity index is 1.74. The number of halogens is 1. The second-order valence-corrected chi connectivity index (χ2v) is 6.57. The SMILES string of the molecule is Cc1cccc(C(CC(=O)O)NC(=O)C2Cc3cc(Cl)ccc3O2)c1. The first-order valence-corrected chi connectivity index (χ1v) is 8.34. The van der Waals surface area contributed by atoms with E-state index in [9.17, 15) is 9.59 Å². The van der Waals surface area contributed by atoms with Gasteiger partial charge in [0.25, 0.3) is 5.91 Å². The Morgan fingerprint density at radius 1 is 1.32 bits per heavy atom. The lowest BCUT2D eigenvalue weighted by Gasteiger charge is -2.20. The van der Waals surface area contributed by atoms with Crippen LogP contribution < -0.4 is 10.1 Å². The first-order chi connectivity index (χ1) is 11.9. The highest BCUT2D eigenvalue weighted by atomic mass is 35.5. The molecule has 0 fully saturated rings. The summed E-state index contributed by atoms with van der Waals surface area (Å²) in [6.45, 7) is 1.92. The third-order valence-electron chi connectivity index (χ3n) is 4.13. The van der Waals surface area contributed by atoms with E-state index in [1.807, 2.05) is 31.2 Å². The molecule has 1 heterocycles. The Morgan fingerprint density at radius 2 is 2.12 bits per heavy atom. The number of rotatable bonds is 5. The number of carboxylic acids is 1. The van der Waals surface area contributed by atoms with Crippen LogP contribution in [-0.2, 0) is 16.0 Å². The number of fused-ring (bicyclic) bond motifs is 1. The summed E-state index contributed by atoms with van der Waals surface area (Å²) in [7, 11) is 0. The lowest BCUT2D eigenvalue weighted by atomic mass is 10.0. The number of nitrogens with one attached hydrogen (secondary N) is 1. The van der Waals surface area contributed by atoms with Crippen molar-refractivity contribution in [3.63, 3.8) is 0 Å². The molecular formula is C19H18ClNO4. The molecule has 0 saturated carbocycles. The minimum atomic E-state index is -0.978. The summed E-state index contributed by atoms with van der Waals surface area (Å²) < 4.78 is 5.67. The maximum absolute atomic E-state index is 12.6. The molecule has 2 atom stereocenters. The normalized spacial score (nSPS) is 16.6. The first-order valence-electron chi connectivity index (χ1n) is 7.96. The lowest BCUT2D eigenvalue weighted by Crippen LogP contribution is -2.40. The van der Waals surface area contributed by atoms with Crippen LogP contribution in [-0.4, -0.2) is 23.1 Å². The highest BCUT2D eigenvalue weighted by Crippen LogP contribution is 2.31. The second-order valence-electron chi connectivity index (χ2n) is 6.14. The topological polar surface area (TPSA) is 75.6 Å². The molecule has 0 spiro atoms. The molecule has 1 aliphatic rings. The van der Waals surface area contributed by atoms with Crippen LogP contribution >= 0.6 is 11.6 Å². The van der Waals surface area contributed by atoms with Gasteiger partial charge in [-0.05, 0) is 36.2 Å². The van der Waals surface area contributed by atoms with Gasteiger partial charge in [-0.15, -0.1) is 0 Å². The van der Waals surface area contributed by atoms with Crippen molar-refractivity contribution in [3.05, 3.63) is 64.2 Å². The fourth-order valence-corrected chi connectivity index (χ4v) is 3.14. The van der Waals surface area contributed by atoms with Crippen LogP contribution in [0.4, 0.5) is 0 Å². The van der Waals surface area contributed by atoms with Crippen LogP contribution in [0, 0.1) is 6.92 Å². The molecule has 3 rings (SSSR count). The molecule has 2 aromatic rings. The minimum Gasteiger partial charge on any atom is -0.481 e. The summed E-state index contributed by atoms with van der Waals surface area (Å²) in [6.07, 6.45) is -0.467. The van der Waals surface area contributed by atoms with E-state index in [1.165, 1.54) is 0 Å². The molecule has 25 heavy (non-hydrogen) atoms. The Labute approximate surface area is 150 Å². The van der Waals surface area contributed by atoms with E-state index in [-0.39, 0.29) is 12.3 Å². The number of benzene rings is 2. The fourth-order valence-electron chi connectivity index (χ4n) is 2.94. The van der Waals surface area contributed by atoms with Crippen molar-refractivity contribution in [2.24, 2.45) is 0 Å². The molecule has 1 aliphatic heterocycles. The van der Waals surface area contributed by atoms with Gasteiger partial charge < -0.3 is 15.2 Å². The van der Waals surface area contributed by atoms with Crippen LogP contribution in [0.5, 0.6) is 5.75 Å². The number of carboxylic acid groups (broad SMARTS) is 1. The molecule has 2 unspecified atom stereocenters. The third kappa shape index (κ3) is 4.12. The van der Waals surface area contributed by atoms with E-state index in [4.69, 9.17) is 21.4 Å². The minimum absolute atomic E-state index is 0.194. The summed E-state index contributed by atoms with van der Waals surface area (Å²) in [5.41, 5.74) is 2.63. The molecule has 1 amide bonds. The number of hydrogen-bond acceptors (Lipinski definition) is 3. The molecule has 5 nitrogen and oxygen atoms in total. The number of ether oxygens (including phenoxy) is 1. The number of amides is 1. The van der Waals surface area contributed by atoms with Crippen molar-refractivity contribution in [1.29, 1.82) is 0 Å². The molecule has 130 valence electrons. The smallest absolute Gasteiger partial charge is 0.305 e. The summed E-state index contributed by atoms with van der Waals surface area (Å²) in [5.74, 6) is -0.677. The zero-order chi connectivity index (χ0) is 18.0. The van der Waals surface area contributed by atoms with E-state index in [0.717, 1.165) is 16.7 Å². The molecule has 0 aliphatic carbocycles. The van der Waals surface area contributed by atoms with Gasteiger partial charge in [-0.2, -0.15) is 0 Å². The zero-order valence-corrected chi connectivity index (χ0v) is 14.4. The largest absolute Gasteiger partial charge is 0.481 e. The average molecular weight is 360 g/mol. The van der Waals surface area contributed by atoms with Crippen molar-refractivity contribution in [2.75, 3.05) is 0 Å². The molecular weight excluding hydrogens is 342 g/mol. The van der Waals surface area contributed by atoms with Crippen molar-refractivity contribution >= 4 is 23.5 Å². The monoisotopic (exact) mass is 359 g/mol. The number of aryl methyl sites for hydroxylation is 1. The quantitative estimate of drug-likeness (QED) is 0.859. The van der Waals surface area contributed by atoms with Gasteiger partial charge in [-0.3, -0.25) is 9.59 Å². The second kappa shape index (κ2) is 7.15. The number of aliphatic carboxylic acids is 1. The van der Waals surface area contributed by atoms with Crippen LogP contribution in [0.1, 0.15) is 29.2 Å². The fraction of sp³-hybridized carbons (Fsp3) is 0.263. The van der Waals surface area contributed by atoms with Crippen LogP contribution in [0.2, 0.25) is 5.02 Å². The molecule has 0 saturated heterocycles. The Kier molecular flexibility index (Phi) is 4.95. The Hall–Kier alpha value is -2.53. The molecule has 6 heteroatoms. The Bertz CT molecular complexity index is 821. The lowest BCUT2D eigenvalue weighted by molar-refractivity contribution is -0.138. The molecule has 0 bridgehead atoms. The maximum atomic E-state index is 12.6. The van der Waals surface area contributed by atoms with Gasteiger partial charge in [-0.1, -0.05) is 41.4 Å². The number of carbonyl (C=O) groups is 2. The number of hydrogen-bond donors (Lipinski definition) is 2. The van der Waals surface area contributed by atoms with Crippen molar-refractivity contribution in [2.45, 2.75) is 31.9 Å². The molecule has 2 N–H and O–H groups in total. The van der Waals surface area contributed by atoms with Gasteiger partial charge in [0, 0.05) is 11.4 Å². The van der Waals surface area contributed by atoms with Gasteiger partial charge in [0.1, 0.15) is 5.75 Å². The van der Waals surface area contributed by atoms with Crippen molar-refractivity contribution in [3.8, 4) is 5.75 Å². The van der Waals surface area contributed by atoms with E-state index >= 15 is 0 Å². The molecule has 0 radical (unpaired) electrons. The molecule has 0 aromatic heterocycles. The van der Waals surface area contributed by atoms with Crippen LogP contribution in [0.25, 0.3) is 0 Å². The van der Waals surface area contributed by atoms with Crippen molar-refractivity contribution in [1.82, 2.24) is 5.32 Å². The first kappa shape index (κ1) is 17.3. The van der Waals surface area contributed by atoms with E-state index in [1.54, 1.807) is 18.2 Å². The van der Waals surface area contributed by atoms with Gasteiger partial charge in [0.2, 0.25) is 0 Å². The maximum Gasteiger partial charge on any atom is 0.305 e. The summed E-state index contributed by atoms with van der Waals surface area (Å²) in [4.78, 5) is 23.8. The summed E-state index contributed by atoms with van der Waals surface area (Å²) in [6, 6.07) is 12.1. The van der Waals surface area contributed by atoms with E-state index < -0.39 is 18.1 Å². The average Bonchev–Trinajstić information content (AvgIpc) is 2.97. The highest BCUT2D eigenvalue weighted by molar-refractivity contribution is 6.30.